The zero-order valence-electron chi connectivity index (χ0n) is 11.6. The van der Waals surface area contributed by atoms with Gasteiger partial charge < -0.3 is 0 Å². The maximum Gasteiger partial charge on any atom is 0.274 e. The number of fused-ring (bicyclic) bond motifs is 1. The van der Waals surface area contributed by atoms with Gasteiger partial charge in [0.2, 0.25) is 0 Å². The molecule has 9 heteroatoms. The summed E-state index contributed by atoms with van der Waals surface area (Å²) in [4.78, 5) is 20.2. The van der Waals surface area contributed by atoms with Crippen LogP contribution in [0.2, 0.25) is 0 Å². The van der Waals surface area contributed by atoms with Crippen LogP contribution in [0.1, 0.15) is 24.4 Å². The number of nitrogens with one attached hydrogen (secondary N) is 1. The summed E-state index contributed by atoms with van der Waals surface area (Å²) in [5, 5.41) is 3.01. The lowest BCUT2D eigenvalue weighted by molar-refractivity contribution is 0.577. The monoisotopic (exact) mass is 328 g/mol. The number of hydrogen-bond acceptors (Lipinski definition) is 6. The van der Waals surface area contributed by atoms with E-state index in [1.807, 2.05) is 0 Å². The number of thioether (sulfide) groups is 1. The molecule has 21 heavy (non-hydrogen) atoms. The van der Waals surface area contributed by atoms with Crippen molar-refractivity contribution in [1.29, 1.82) is 0 Å². The van der Waals surface area contributed by atoms with Crippen molar-refractivity contribution in [2.75, 3.05) is 11.5 Å². The van der Waals surface area contributed by atoms with Gasteiger partial charge in [0, 0.05) is 17.0 Å². The molecule has 3 rings (SSSR count). The van der Waals surface area contributed by atoms with Gasteiger partial charge >= 0.3 is 0 Å². The Bertz CT molecular complexity index is 825. The Kier molecular flexibility index (Phi) is 3.78. The van der Waals surface area contributed by atoms with Gasteiger partial charge in [0.25, 0.3) is 11.3 Å². The molecule has 0 aliphatic carbocycles. The molecular weight excluding hydrogens is 312 g/mol. The fourth-order valence-corrected chi connectivity index (χ4v) is 5.78. The van der Waals surface area contributed by atoms with Crippen LogP contribution in [0.3, 0.4) is 0 Å². The Hall–Kier alpha value is -1.35. The molecule has 1 atom stereocenters. The molecule has 0 radical (unpaired) electrons. The first-order valence-corrected chi connectivity index (χ1v) is 9.57. The van der Waals surface area contributed by atoms with Crippen LogP contribution in [-0.2, 0) is 15.6 Å². The summed E-state index contributed by atoms with van der Waals surface area (Å²) < 4.78 is 24.5. The highest BCUT2D eigenvalue weighted by atomic mass is 32.2. The zero-order valence-corrected chi connectivity index (χ0v) is 13.2. The van der Waals surface area contributed by atoms with Gasteiger partial charge in [0.05, 0.1) is 17.3 Å². The average Bonchev–Trinajstić information content (AvgIpc) is 2.78. The summed E-state index contributed by atoms with van der Waals surface area (Å²) in [6.07, 6.45) is 1.63. The molecular formula is C12H16N4O3S2. The Labute approximate surface area is 126 Å². The largest absolute Gasteiger partial charge is 0.274 e. The number of aryl methyl sites for hydroxylation is 1. The molecule has 0 saturated carbocycles. The number of aromatic amines is 1. The third kappa shape index (κ3) is 3.29. The summed E-state index contributed by atoms with van der Waals surface area (Å²) >= 11 is 1.56. The summed E-state index contributed by atoms with van der Waals surface area (Å²) in [5.41, 5.74) is 0.436. The van der Waals surface area contributed by atoms with Crippen LogP contribution in [0.25, 0.3) is 5.78 Å². The molecule has 2 aromatic heterocycles. The minimum Gasteiger partial charge on any atom is -0.274 e. The highest BCUT2D eigenvalue weighted by molar-refractivity contribution is 8.00. The van der Waals surface area contributed by atoms with E-state index in [0.29, 0.717) is 28.8 Å². The van der Waals surface area contributed by atoms with Gasteiger partial charge in [-0.05, 0) is 19.8 Å². The molecule has 0 amide bonds. The topological polar surface area (TPSA) is 97.2 Å². The number of aromatic nitrogens is 4. The molecule has 114 valence electrons. The second-order valence-electron chi connectivity index (χ2n) is 5.23. The Morgan fingerprint density at radius 3 is 3.05 bits per heavy atom. The normalized spacial score (nSPS) is 21.7. The van der Waals surface area contributed by atoms with E-state index in [0.717, 1.165) is 12.8 Å². The van der Waals surface area contributed by atoms with Gasteiger partial charge in [0.1, 0.15) is 5.82 Å². The summed E-state index contributed by atoms with van der Waals surface area (Å²) in [7, 11) is -2.89. The van der Waals surface area contributed by atoms with Crippen molar-refractivity contribution >= 4 is 27.4 Å². The van der Waals surface area contributed by atoms with E-state index in [1.54, 1.807) is 18.7 Å². The first kappa shape index (κ1) is 14.6. The Morgan fingerprint density at radius 1 is 1.48 bits per heavy atom. The molecule has 0 aromatic carbocycles. The number of H-pyrrole nitrogens is 1. The van der Waals surface area contributed by atoms with Crippen molar-refractivity contribution < 1.29 is 8.42 Å². The number of nitrogens with zero attached hydrogens (tertiary/aromatic N) is 3. The lowest BCUT2D eigenvalue weighted by Gasteiger charge is -2.20. The van der Waals surface area contributed by atoms with Crippen LogP contribution < -0.4 is 5.56 Å². The Balaban J connectivity index is 1.74. The van der Waals surface area contributed by atoms with E-state index in [1.165, 1.54) is 10.6 Å². The van der Waals surface area contributed by atoms with Crippen LogP contribution in [0.15, 0.2) is 10.9 Å². The van der Waals surface area contributed by atoms with Crippen LogP contribution >= 0.6 is 11.8 Å². The highest BCUT2D eigenvalue weighted by Crippen LogP contribution is 2.26. The van der Waals surface area contributed by atoms with Crippen molar-refractivity contribution in [3.8, 4) is 0 Å². The van der Waals surface area contributed by atoms with Crippen molar-refractivity contribution in [2.24, 2.45) is 0 Å². The van der Waals surface area contributed by atoms with Crippen molar-refractivity contribution in [3.05, 3.63) is 27.9 Å². The fraction of sp³-hybridized carbons (Fsp3) is 0.583. The molecule has 1 aliphatic heterocycles. The first-order valence-electron chi connectivity index (χ1n) is 6.70. The van der Waals surface area contributed by atoms with Crippen molar-refractivity contribution in [1.82, 2.24) is 19.6 Å². The second kappa shape index (κ2) is 5.45. The lowest BCUT2D eigenvalue weighted by atomic mass is 10.3. The van der Waals surface area contributed by atoms with Crippen molar-refractivity contribution in [3.63, 3.8) is 0 Å². The third-order valence-corrected chi connectivity index (χ3v) is 6.73. The molecule has 1 aliphatic rings. The minimum atomic E-state index is -2.89. The predicted octanol–water partition coefficient (Wildman–Crippen LogP) is 0.536. The summed E-state index contributed by atoms with van der Waals surface area (Å²) in [6, 6.07) is 1.44. The molecule has 0 bridgehead atoms. The lowest BCUT2D eigenvalue weighted by Crippen LogP contribution is -2.27. The summed E-state index contributed by atoms with van der Waals surface area (Å²) in [5.74, 6) is 2.06. The SMILES string of the molecule is Cc1cc(=O)n2[nH]c(CSC3CCCS(=O)(=O)C3)nc2n1. The van der Waals surface area contributed by atoms with Gasteiger partial charge in [-0.2, -0.15) is 9.50 Å². The maximum absolute atomic E-state index is 11.8. The van der Waals surface area contributed by atoms with E-state index in [2.05, 4.69) is 15.1 Å². The van der Waals surface area contributed by atoms with Crippen LogP contribution in [0, 0.1) is 6.92 Å². The standard InChI is InChI=1S/C12H16N4O3S2/c1-8-5-11(17)16-12(13-8)14-10(15-16)6-20-9-3-2-4-21(18,19)7-9/h5,9H,2-4,6-7H2,1H3,(H,13,14,15). The molecule has 1 N–H and O–H groups in total. The van der Waals surface area contributed by atoms with Gasteiger partial charge in [-0.25, -0.2) is 13.4 Å². The zero-order chi connectivity index (χ0) is 15.0. The first-order chi connectivity index (χ1) is 9.93. The summed E-state index contributed by atoms with van der Waals surface area (Å²) in [6.45, 7) is 1.75. The Morgan fingerprint density at radius 2 is 2.29 bits per heavy atom. The number of hydrogen-bond donors (Lipinski definition) is 1. The predicted molar refractivity (Wildman–Crippen MR) is 81.3 cm³/mol. The minimum absolute atomic E-state index is 0.100. The molecule has 1 saturated heterocycles. The van der Waals surface area contributed by atoms with E-state index in [9.17, 15) is 13.2 Å². The van der Waals surface area contributed by atoms with Crippen molar-refractivity contribution in [2.45, 2.75) is 30.8 Å². The molecule has 1 fully saturated rings. The molecule has 0 spiro atoms. The highest BCUT2D eigenvalue weighted by Gasteiger charge is 2.25. The van der Waals surface area contributed by atoms with Gasteiger partial charge in [-0.15, -0.1) is 11.8 Å². The second-order valence-corrected chi connectivity index (χ2v) is 8.75. The molecule has 7 nitrogen and oxygen atoms in total. The van der Waals surface area contributed by atoms with Gasteiger partial charge in [-0.1, -0.05) is 0 Å². The van der Waals surface area contributed by atoms with Crippen LogP contribution in [-0.4, -0.2) is 44.8 Å². The van der Waals surface area contributed by atoms with E-state index in [4.69, 9.17) is 0 Å². The van der Waals surface area contributed by atoms with E-state index < -0.39 is 9.84 Å². The van der Waals surface area contributed by atoms with E-state index in [-0.39, 0.29) is 16.6 Å². The van der Waals surface area contributed by atoms with Crippen LogP contribution in [0.4, 0.5) is 0 Å². The molecule has 2 aromatic rings. The van der Waals surface area contributed by atoms with Gasteiger partial charge in [0.15, 0.2) is 9.84 Å². The van der Waals surface area contributed by atoms with E-state index >= 15 is 0 Å². The number of rotatable bonds is 3. The molecule has 3 heterocycles. The number of sulfone groups is 1. The quantitative estimate of drug-likeness (QED) is 0.883. The third-order valence-electron chi connectivity index (χ3n) is 3.38. The van der Waals surface area contributed by atoms with Gasteiger partial charge in [-0.3, -0.25) is 9.89 Å². The molecule has 1 unspecified atom stereocenters. The maximum atomic E-state index is 11.8. The average molecular weight is 328 g/mol. The van der Waals surface area contributed by atoms with Crippen LogP contribution in [0.5, 0.6) is 0 Å². The smallest absolute Gasteiger partial charge is 0.274 e. The fourth-order valence-electron chi connectivity index (χ4n) is 2.41.